The fourth-order valence-electron chi connectivity index (χ4n) is 3.99. The summed E-state index contributed by atoms with van der Waals surface area (Å²) in [6.45, 7) is 7.58. The van der Waals surface area contributed by atoms with Crippen molar-refractivity contribution in [2.24, 2.45) is 0 Å². The molecule has 8 heteroatoms. The topological polar surface area (TPSA) is 92.0 Å². The number of aromatic nitrogens is 3. The van der Waals surface area contributed by atoms with Gasteiger partial charge in [-0.05, 0) is 38.0 Å². The molecule has 3 aromatic rings. The fraction of sp³-hybridized carbons (Fsp3) is 0.320. The third-order valence-electron chi connectivity index (χ3n) is 5.45. The summed E-state index contributed by atoms with van der Waals surface area (Å²) in [5.74, 6) is 0.975. The van der Waals surface area contributed by atoms with Crippen LogP contribution in [-0.4, -0.2) is 26.8 Å². The first-order valence-corrected chi connectivity index (χ1v) is 11.9. The van der Waals surface area contributed by atoms with Crippen LogP contribution in [0.15, 0.2) is 41.6 Å². The molecule has 0 aliphatic carbocycles. The van der Waals surface area contributed by atoms with Crippen LogP contribution >= 0.6 is 11.8 Å². The molecule has 0 bridgehead atoms. The molecular formula is C25H25N5O2S. The van der Waals surface area contributed by atoms with E-state index in [1.165, 1.54) is 18.7 Å². The van der Waals surface area contributed by atoms with Gasteiger partial charge in [-0.15, -0.1) is 10.2 Å². The van der Waals surface area contributed by atoms with E-state index < -0.39 is 6.23 Å². The lowest BCUT2D eigenvalue weighted by Gasteiger charge is -2.31. The highest BCUT2D eigenvalue weighted by atomic mass is 32.2. The predicted molar refractivity (Wildman–Crippen MR) is 128 cm³/mol. The molecular weight excluding hydrogens is 434 g/mol. The van der Waals surface area contributed by atoms with E-state index in [0.29, 0.717) is 33.5 Å². The Morgan fingerprint density at radius 2 is 2.03 bits per heavy atom. The molecule has 0 N–H and O–H groups in total. The predicted octanol–water partition coefficient (Wildman–Crippen LogP) is 5.36. The number of hydrogen-bond acceptors (Lipinski definition) is 7. The second-order valence-corrected chi connectivity index (χ2v) is 9.05. The third kappa shape index (κ3) is 4.41. The summed E-state index contributed by atoms with van der Waals surface area (Å²) in [5.41, 5.74) is 4.86. The largest absolute Gasteiger partial charge is 0.447 e. The van der Waals surface area contributed by atoms with Crippen molar-refractivity contribution in [3.63, 3.8) is 0 Å². The Bertz CT molecular complexity index is 1250. The Balaban J connectivity index is 1.96. The molecule has 7 nitrogen and oxygen atoms in total. The third-order valence-corrected chi connectivity index (χ3v) is 6.37. The lowest BCUT2D eigenvalue weighted by molar-refractivity contribution is -0.118. The number of rotatable bonds is 5. The number of ether oxygens (including phenoxy) is 1. The molecule has 0 unspecified atom stereocenters. The number of hydrogen-bond donors (Lipinski definition) is 0. The Labute approximate surface area is 197 Å². The number of thioether (sulfide) groups is 1. The summed E-state index contributed by atoms with van der Waals surface area (Å²) in [6.07, 6.45) is 1.25. The van der Waals surface area contributed by atoms with Crippen molar-refractivity contribution in [2.45, 2.75) is 51.9 Å². The molecule has 2 heterocycles. The maximum absolute atomic E-state index is 13.0. The molecule has 168 valence electrons. The van der Waals surface area contributed by atoms with E-state index in [1.54, 1.807) is 23.1 Å². The van der Waals surface area contributed by atoms with E-state index in [1.807, 2.05) is 32.0 Å². The SMILES string of the molecule is CCCCSc1nnc2c(n1)O[C@H](c1ccccc1C#N)N(C(C)=O)c1c(C)cc(C)cc1-2. The lowest BCUT2D eigenvalue weighted by atomic mass is 9.99. The Kier molecular flexibility index (Phi) is 6.61. The molecule has 0 radical (unpaired) electrons. The zero-order chi connectivity index (χ0) is 23.5. The highest BCUT2D eigenvalue weighted by Gasteiger charge is 2.36. The average molecular weight is 460 g/mol. The quantitative estimate of drug-likeness (QED) is 0.374. The summed E-state index contributed by atoms with van der Waals surface area (Å²) < 4.78 is 6.41. The molecule has 0 fully saturated rings. The van der Waals surface area contributed by atoms with Crippen LogP contribution in [0.5, 0.6) is 5.88 Å². The zero-order valence-electron chi connectivity index (χ0n) is 19.1. The van der Waals surface area contributed by atoms with Crippen LogP contribution in [0.2, 0.25) is 0 Å². The van der Waals surface area contributed by atoms with Crippen molar-refractivity contribution in [3.8, 4) is 23.2 Å². The van der Waals surface area contributed by atoms with Gasteiger partial charge in [-0.25, -0.2) is 0 Å². The Morgan fingerprint density at radius 1 is 1.24 bits per heavy atom. The molecule has 1 aliphatic rings. The van der Waals surface area contributed by atoms with Crippen LogP contribution in [0, 0.1) is 25.2 Å². The summed E-state index contributed by atoms with van der Waals surface area (Å²) in [5, 5.41) is 19.1. The zero-order valence-corrected chi connectivity index (χ0v) is 19.9. The first-order valence-electron chi connectivity index (χ1n) is 10.9. The normalized spacial score (nSPS) is 14.5. The van der Waals surface area contributed by atoms with Gasteiger partial charge in [0.25, 0.3) is 0 Å². The summed E-state index contributed by atoms with van der Waals surface area (Å²) >= 11 is 1.53. The van der Waals surface area contributed by atoms with Gasteiger partial charge in [0, 0.05) is 23.8 Å². The van der Waals surface area contributed by atoms with Crippen LogP contribution in [0.25, 0.3) is 11.3 Å². The molecule has 2 aromatic carbocycles. The first-order chi connectivity index (χ1) is 15.9. The van der Waals surface area contributed by atoms with Crippen LogP contribution in [-0.2, 0) is 4.79 Å². The number of unbranched alkanes of at least 4 members (excludes halogenated alkanes) is 1. The maximum atomic E-state index is 13.0. The molecule has 1 atom stereocenters. The highest BCUT2D eigenvalue weighted by molar-refractivity contribution is 7.99. The minimum atomic E-state index is -0.870. The average Bonchev–Trinajstić information content (AvgIpc) is 2.94. The molecule has 0 saturated carbocycles. The number of carbonyl (C=O) groups is 1. The fourth-order valence-corrected chi connectivity index (χ4v) is 4.85. The molecule has 1 aromatic heterocycles. The van der Waals surface area contributed by atoms with Crippen LogP contribution < -0.4 is 9.64 Å². The molecule has 4 rings (SSSR count). The monoisotopic (exact) mass is 459 g/mol. The first kappa shape index (κ1) is 22.7. The second kappa shape index (κ2) is 9.59. The van der Waals surface area contributed by atoms with Gasteiger partial charge in [0.2, 0.25) is 23.2 Å². The lowest BCUT2D eigenvalue weighted by Crippen LogP contribution is -2.37. The number of carbonyl (C=O) groups excluding carboxylic acids is 1. The van der Waals surface area contributed by atoms with Gasteiger partial charge >= 0.3 is 0 Å². The molecule has 1 amide bonds. The van der Waals surface area contributed by atoms with Gasteiger partial charge in [-0.3, -0.25) is 9.69 Å². The van der Waals surface area contributed by atoms with Crippen LogP contribution in [0.3, 0.4) is 0 Å². The minimum Gasteiger partial charge on any atom is -0.447 e. The number of nitrogens with zero attached hydrogens (tertiary/aromatic N) is 5. The van der Waals surface area contributed by atoms with E-state index in [2.05, 4.69) is 28.2 Å². The highest BCUT2D eigenvalue weighted by Crippen LogP contribution is 2.45. The number of aryl methyl sites for hydroxylation is 2. The van der Waals surface area contributed by atoms with Crippen LogP contribution in [0.1, 0.15) is 55.2 Å². The smallest absolute Gasteiger partial charge is 0.247 e. The van der Waals surface area contributed by atoms with E-state index in [0.717, 1.165) is 35.3 Å². The van der Waals surface area contributed by atoms with Gasteiger partial charge in [0.15, 0.2) is 5.69 Å². The van der Waals surface area contributed by atoms with E-state index in [9.17, 15) is 10.1 Å². The van der Waals surface area contributed by atoms with Gasteiger partial charge in [-0.2, -0.15) is 10.2 Å². The van der Waals surface area contributed by atoms with Crippen molar-refractivity contribution in [3.05, 3.63) is 58.7 Å². The van der Waals surface area contributed by atoms with Crippen molar-refractivity contribution in [1.29, 1.82) is 5.26 Å². The number of amides is 1. The number of anilines is 1. The summed E-state index contributed by atoms with van der Waals surface area (Å²) in [6, 6.07) is 13.4. The van der Waals surface area contributed by atoms with Gasteiger partial charge < -0.3 is 4.74 Å². The molecule has 0 saturated heterocycles. The standard InChI is InChI=1S/C25H25N5O2S/c1-5-6-11-33-25-27-23-21(28-29-25)20-13-15(2)12-16(3)22(20)30(17(4)31)24(32-23)19-10-8-7-9-18(19)14-26/h7-10,12-13,24H,5-6,11H2,1-4H3/t24-/m1/s1. The summed E-state index contributed by atoms with van der Waals surface area (Å²) in [7, 11) is 0. The van der Waals surface area contributed by atoms with Crippen LogP contribution in [0.4, 0.5) is 5.69 Å². The van der Waals surface area contributed by atoms with E-state index in [-0.39, 0.29) is 5.91 Å². The van der Waals surface area contributed by atoms with Crippen molar-refractivity contribution < 1.29 is 9.53 Å². The summed E-state index contributed by atoms with van der Waals surface area (Å²) in [4.78, 5) is 19.3. The van der Waals surface area contributed by atoms with Crippen molar-refractivity contribution >= 4 is 23.4 Å². The Hall–Kier alpha value is -3.44. The van der Waals surface area contributed by atoms with Gasteiger partial charge in [0.1, 0.15) is 0 Å². The van der Waals surface area contributed by atoms with E-state index >= 15 is 0 Å². The number of nitriles is 1. The number of benzene rings is 2. The molecule has 0 spiro atoms. The van der Waals surface area contributed by atoms with Crippen molar-refractivity contribution in [2.75, 3.05) is 10.7 Å². The molecule has 33 heavy (non-hydrogen) atoms. The maximum Gasteiger partial charge on any atom is 0.247 e. The second-order valence-electron chi connectivity index (χ2n) is 7.99. The minimum absolute atomic E-state index is 0.209. The van der Waals surface area contributed by atoms with Crippen molar-refractivity contribution in [1.82, 2.24) is 15.2 Å². The van der Waals surface area contributed by atoms with Gasteiger partial charge in [-0.1, -0.05) is 54.9 Å². The Morgan fingerprint density at radius 3 is 2.76 bits per heavy atom. The van der Waals surface area contributed by atoms with Gasteiger partial charge in [0.05, 0.1) is 17.3 Å². The number of fused-ring (bicyclic) bond motifs is 3. The molecule has 1 aliphatic heterocycles. The van der Waals surface area contributed by atoms with E-state index in [4.69, 9.17) is 4.74 Å².